The van der Waals surface area contributed by atoms with Gasteiger partial charge in [-0.15, -0.1) is 0 Å². The van der Waals surface area contributed by atoms with E-state index in [1.54, 1.807) is 38.6 Å². The highest BCUT2D eigenvalue weighted by molar-refractivity contribution is 6.02. The van der Waals surface area contributed by atoms with E-state index < -0.39 is 0 Å². The molecule has 0 saturated heterocycles. The number of hydrogen-bond acceptors (Lipinski definition) is 5. The number of oxazole rings is 1. The van der Waals surface area contributed by atoms with E-state index in [0.717, 1.165) is 16.9 Å². The van der Waals surface area contributed by atoms with Crippen LogP contribution in [0.4, 0.5) is 5.69 Å². The fraction of sp³-hybridized carbons (Fsp3) is 0.100. The largest absolute Gasteiger partial charge is 0.497 e. The third kappa shape index (κ3) is 4.10. The standard InChI is InChI=1S/C20H18N2O4/c1-24-16-7-3-14(4-8-16)5-10-20(23)22-15-6-9-17(18(11-15)25-2)19-12-21-13-26-19/h3-13H,1-2H3,(H,22,23)/b10-5+. The van der Waals surface area contributed by atoms with E-state index in [9.17, 15) is 4.79 Å². The molecule has 1 heterocycles. The van der Waals surface area contributed by atoms with Crippen molar-refractivity contribution in [2.24, 2.45) is 0 Å². The minimum atomic E-state index is -0.240. The molecule has 0 saturated carbocycles. The maximum Gasteiger partial charge on any atom is 0.248 e. The zero-order chi connectivity index (χ0) is 18.4. The lowest BCUT2D eigenvalue weighted by atomic mass is 10.1. The molecule has 1 amide bonds. The third-order valence-electron chi connectivity index (χ3n) is 3.71. The van der Waals surface area contributed by atoms with Gasteiger partial charge in [-0.3, -0.25) is 4.79 Å². The van der Waals surface area contributed by atoms with Crippen LogP contribution in [-0.4, -0.2) is 25.1 Å². The van der Waals surface area contributed by atoms with Crippen molar-refractivity contribution in [3.8, 4) is 22.8 Å². The lowest BCUT2D eigenvalue weighted by molar-refractivity contribution is -0.111. The van der Waals surface area contributed by atoms with Crippen LogP contribution in [0.2, 0.25) is 0 Å². The van der Waals surface area contributed by atoms with Crippen LogP contribution in [0.25, 0.3) is 17.4 Å². The van der Waals surface area contributed by atoms with Crippen molar-refractivity contribution >= 4 is 17.7 Å². The molecule has 0 aliphatic heterocycles. The molecule has 0 aliphatic carbocycles. The Labute approximate surface area is 151 Å². The van der Waals surface area contributed by atoms with Crippen LogP contribution < -0.4 is 14.8 Å². The number of ether oxygens (including phenoxy) is 2. The van der Waals surface area contributed by atoms with Gasteiger partial charge in [0.2, 0.25) is 5.91 Å². The summed E-state index contributed by atoms with van der Waals surface area (Å²) in [6.45, 7) is 0. The molecule has 6 heteroatoms. The molecule has 6 nitrogen and oxygen atoms in total. The molecule has 0 fully saturated rings. The lowest BCUT2D eigenvalue weighted by Crippen LogP contribution is -2.07. The van der Waals surface area contributed by atoms with E-state index in [0.29, 0.717) is 17.2 Å². The van der Waals surface area contributed by atoms with Gasteiger partial charge in [-0.05, 0) is 35.9 Å². The predicted octanol–water partition coefficient (Wildman–Crippen LogP) is 4.01. The maximum atomic E-state index is 12.1. The lowest BCUT2D eigenvalue weighted by Gasteiger charge is -2.09. The number of nitrogens with zero attached hydrogens (tertiary/aromatic N) is 1. The second-order valence-electron chi connectivity index (χ2n) is 5.38. The molecular weight excluding hydrogens is 332 g/mol. The van der Waals surface area contributed by atoms with Gasteiger partial charge in [0.15, 0.2) is 12.2 Å². The number of anilines is 1. The Balaban J connectivity index is 1.69. The molecule has 132 valence electrons. The monoisotopic (exact) mass is 350 g/mol. The van der Waals surface area contributed by atoms with E-state index in [1.807, 2.05) is 30.3 Å². The summed E-state index contributed by atoms with van der Waals surface area (Å²) in [4.78, 5) is 16.0. The molecule has 2 aromatic carbocycles. The van der Waals surface area contributed by atoms with Crippen molar-refractivity contribution in [3.05, 3.63) is 66.7 Å². The molecule has 0 spiro atoms. The Hall–Kier alpha value is -3.54. The molecule has 0 aliphatic rings. The third-order valence-corrected chi connectivity index (χ3v) is 3.71. The van der Waals surface area contributed by atoms with Crippen molar-refractivity contribution in [2.75, 3.05) is 19.5 Å². The van der Waals surface area contributed by atoms with Gasteiger partial charge in [0.25, 0.3) is 0 Å². The van der Waals surface area contributed by atoms with Crippen LogP contribution >= 0.6 is 0 Å². The zero-order valence-corrected chi connectivity index (χ0v) is 14.4. The molecule has 0 bridgehead atoms. The first kappa shape index (κ1) is 17.3. The van der Waals surface area contributed by atoms with Crippen molar-refractivity contribution in [1.82, 2.24) is 4.98 Å². The van der Waals surface area contributed by atoms with E-state index in [1.165, 1.54) is 12.5 Å². The van der Waals surface area contributed by atoms with E-state index in [-0.39, 0.29) is 5.91 Å². The fourth-order valence-corrected chi connectivity index (χ4v) is 2.39. The summed E-state index contributed by atoms with van der Waals surface area (Å²) >= 11 is 0. The molecule has 3 aromatic rings. The van der Waals surface area contributed by atoms with Crippen molar-refractivity contribution in [1.29, 1.82) is 0 Å². The topological polar surface area (TPSA) is 73.6 Å². The number of nitrogens with one attached hydrogen (secondary N) is 1. The Morgan fingerprint density at radius 3 is 2.58 bits per heavy atom. The van der Waals surface area contributed by atoms with Gasteiger partial charge < -0.3 is 19.2 Å². The maximum absolute atomic E-state index is 12.1. The summed E-state index contributed by atoms with van der Waals surface area (Å²) in [5.41, 5.74) is 2.28. The fourth-order valence-electron chi connectivity index (χ4n) is 2.39. The minimum Gasteiger partial charge on any atom is -0.497 e. The SMILES string of the molecule is COc1ccc(/C=C/C(=O)Nc2ccc(-c3cnco3)c(OC)c2)cc1. The average molecular weight is 350 g/mol. The Kier molecular flexibility index (Phi) is 5.34. The number of carbonyl (C=O) groups is 1. The van der Waals surface area contributed by atoms with Gasteiger partial charge in [0, 0.05) is 17.8 Å². The van der Waals surface area contributed by atoms with Crippen LogP contribution in [0.3, 0.4) is 0 Å². The van der Waals surface area contributed by atoms with Crippen LogP contribution in [-0.2, 0) is 4.79 Å². The number of methoxy groups -OCH3 is 2. The molecule has 1 N–H and O–H groups in total. The minimum absolute atomic E-state index is 0.240. The first-order valence-electron chi connectivity index (χ1n) is 7.89. The highest BCUT2D eigenvalue weighted by Gasteiger charge is 2.10. The first-order valence-corrected chi connectivity index (χ1v) is 7.89. The van der Waals surface area contributed by atoms with E-state index >= 15 is 0 Å². The van der Waals surface area contributed by atoms with Crippen molar-refractivity contribution in [2.45, 2.75) is 0 Å². The molecule has 1 aromatic heterocycles. The van der Waals surface area contributed by atoms with Crippen LogP contribution in [0.5, 0.6) is 11.5 Å². The Morgan fingerprint density at radius 2 is 1.92 bits per heavy atom. The summed E-state index contributed by atoms with van der Waals surface area (Å²) in [7, 11) is 3.17. The molecule has 0 unspecified atom stereocenters. The molecule has 3 rings (SSSR count). The van der Waals surface area contributed by atoms with Gasteiger partial charge in [-0.1, -0.05) is 12.1 Å². The average Bonchev–Trinajstić information content (AvgIpc) is 3.21. The number of rotatable bonds is 6. The van der Waals surface area contributed by atoms with Crippen molar-refractivity contribution in [3.63, 3.8) is 0 Å². The normalized spacial score (nSPS) is 10.7. The van der Waals surface area contributed by atoms with Gasteiger partial charge >= 0.3 is 0 Å². The summed E-state index contributed by atoms with van der Waals surface area (Å²) in [6.07, 6.45) is 6.16. The molecule has 0 atom stereocenters. The van der Waals surface area contributed by atoms with E-state index in [4.69, 9.17) is 13.9 Å². The summed E-state index contributed by atoms with van der Waals surface area (Å²) < 4.78 is 15.8. The molecule has 26 heavy (non-hydrogen) atoms. The van der Waals surface area contributed by atoms with E-state index in [2.05, 4.69) is 10.3 Å². The van der Waals surface area contributed by atoms with Crippen LogP contribution in [0, 0.1) is 0 Å². The second-order valence-corrected chi connectivity index (χ2v) is 5.38. The van der Waals surface area contributed by atoms with Crippen LogP contribution in [0.15, 0.2) is 65.5 Å². The highest BCUT2D eigenvalue weighted by atomic mass is 16.5. The number of hydrogen-bond donors (Lipinski definition) is 1. The predicted molar refractivity (Wildman–Crippen MR) is 99.1 cm³/mol. The van der Waals surface area contributed by atoms with Crippen molar-refractivity contribution < 1.29 is 18.7 Å². The van der Waals surface area contributed by atoms with Crippen LogP contribution in [0.1, 0.15) is 5.56 Å². The zero-order valence-electron chi connectivity index (χ0n) is 14.4. The summed E-state index contributed by atoms with van der Waals surface area (Å²) in [5.74, 6) is 1.71. The number of amides is 1. The van der Waals surface area contributed by atoms with Gasteiger partial charge in [0.05, 0.1) is 26.0 Å². The highest BCUT2D eigenvalue weighted by Crippen LogP contribution is 2.32. The number of aromatic nitrogens is 1. The number of benzene rings is 2. The van der Waals surface area contributed by atoms with Gasteiger partial charge in [0.1, 0.15) is 11.5 Å². The quantitative estimate of drug-likeness (QED) is 0.680. The Morgan fingerprint density at radius 1 is 1.12 bits per heavy atom. The van der Waals surface area contributed by atoms with Gasteiger partial charge in [-0.2, -0.15) is 0 Å². The Bertz CT molecular complexity index is 900. The molecule has 0 radical (unpaired) electrons. The first-order chi connectivity index (χ1) is 12.7. The second kappa shape index (κ2) is 8.02. The smallest absolute Gasteiger partial charge is 0.248 e. The number of carbonyl (C=O) groups excluding carboxylic acids is 1. The van der Waals surface area contributed by atoms with Gasteiger partial charge in [-0.25, -0.2) is 4.98 Å². The summed E-state index contributed by atoms with van der Waals surface area (Å²) in [6, 6.07) is 12.7. The summed E-state index contributed by atoms with van der Waals surface area (Å²) in [5, 5.41) is 2.81. The molecular formula is C20H18N2O4.